The number of esters is 1. The molecular formula is C20H13F6N3O4. The molecule has 0 aliphatic carbocycles. The molecule has 2 aromatic carbocycles. The third-order valence-electron chi connectivity index (χ3n) is 4.56. The normalized spacial score (nSPS) is 12.5. The fraction of sp³-hybridized carbons (Fsp3) is 0.200. The molecule has 2 N–H and O–H groups in total. The van der Waals surface area contributed by atoms with E-state index in [-0.39, 0.29) is 29.4 Å². The predicted octanol–water partition coefficient (Wildman–Crippen LogP) is 3.61. The number of nitrogens with one attached hydrogen (secondary N) is 2. The number of aromatic amines is 1. The number of carbonyl (C=O) groups excluding carboxylic acids is 2. The van der Waals surface area contributed by atoms with E-state index < -0.39 is 40.9 Å². The molecule has 0 unspecified atom stereocenters. The smallest absolute Gasteiger partial charge is 0.411 e. The SMILES string of the molecule is COC(=O)C(F)(F)C(F)(F)C(F)(F)C(=O)Nc1ccccc1-c1nc2ccccc2c(=O)[nH]1. The van der Waals surface area contributed by atoms with E-state index in [1.807, 2.05) is 0 Å². The van der Waals surface area contributed by atoms with Crippen LogP contribution in [0.3, 0.4) is 0 Å². The Morgan fingerprint density at radius 2 is 1.55 bits per heavy atom. The van der Waals surface area contributed by atoms with E-state index in [1.54, 1.807) is 12.1 Å². The average Bonchev–Trinajstić information content (AvgIpc) is 2.78. The van der Waals surface area contributed by atoms with Crippen molar-refractivity contribution < 1.29 is 40.7 Å². The minimum atomic E-state index is -6.43. The number of benzene rings is 2. The molecule has 0 saturated carbocycles. The highest BCUT2D eigenvalue weighted by atomic mass is 19.3. The molecule has 0 fully saturated rings. The van der Waals surface area contributed by atoms with Crippen molar-refractivity contribution in [3.05, 3.63) is 58.9 Å². The number of alkyl halides is 6. The van der Waals surface area contributed by atoms with Crippen LogP contribution in [0, 0.1) is 0 Å². The molecule has 1 amide bonds. The van der Waals surface area contributed by atoms with Gasteiger partial charge in [0.1, 0.15) is 5.82 Å². The molecule has 0 radical (unpaired) electrons. The minimum Gasteiger partial charge on any atom is -0.464 e. The molecule has 13 heteroatoms. The highest BCUT2D eigenvalue weighted by Crippen LogP contribution is 2.47. The summed E-state index contributed by atoms with van der Waals surface area (Å²) < 4.78 is 86.7. The Morgan fingerprint density at radius 3 is 2.21 bits per heavy atom. The number of anilines is 1. The molecule has 1 heterocycles. The number of para-hydroxylation sites is 2. The number of carbonyl (C=O) groups is 2. The first-order valence-electron chi connectivity index (χ1n) is 8.96. The number of rotatable bonds is 6. The Morgan fingerprint density at radius 1 is 0.939 bits per heavy atom. The van der Waals surface area contributed by atoms with Crippen LogP contribution in [0.1, 0.15) is 0 Å². The number of ether oxygens (including phenoxy) is 1. The number of hydrogen-bond acceptors (Lipinski definition) is 5. The zero-order valence-corrected chi connectivity index (χ0v) is 16.5. The quantitative estimate of drug-likeness (QED) is 0.421. The first-order valence-corrected chi connectivity index (χ1v) is 8.96. The number of nitrogens with zero attached hydrogens (tertiary/aromatic N) is 1. The van der Waals surface area contributed by atoms with Crippen LogP contribution in [0.2, 0.25) is 0 Å². The lowest BCUT2D eigenvalue weighted by Gasteiger charge is -2.30. The Kier molecular flexibility index (Phi) is 5.92. The van der Waals surface area contributed by atoms with Gasteiger partial charge < -0.3 is 15.0 Å². The molecule has 33 heavy (non-hydrogen) atoms. The van der Waals surface area contributed by atoms with Crippen LogP contribution >= 0.6 is 0 Å². The fourth-order valence-corrected chi connectivity index (χ4v) is 2.81. The Balaban J connectivity index is 2.01. The van der Waals surface area contributed by atoms with Gasteiger partial charge in [-0.25, -0.2) is 9.78 Å². The van der Waals surface area contributed by atoms with Gasteiger partial charge in [-0.3, -0.25) is 9.59 Å². The topological polar surface area (TPSA) is 101 Å². The van der Waals surface area contributed by atoms with Gasteiger partial charge in [-0.05, 0) is 24.3 Å². The third kappa shape index (κ3) is 3.90. The summed E-state index contributed by atoms with van der Waals surface area (Å²) in [5.41, 5.74) is -1.14. The van der Waals surface area contributed by atoms with Crippen LogP contribution in [0.5, 0.6) is 0 Å². The minimum absolute atomic E-state index is 0.174. The van der Waals surface area contributed by atoms with Crippen molar-refractivity contribution in [3.8, 4) is 11.4 Å². The van der Waals surface area contributed by atoms with Crippen LogP contribution in [-0.4, -0.2) is 46.7 Å². The standard InChI is InChI=1S/C20H13F6N3O4/c1-33-17(32)19(23,24)20(25,26)18(21,22)16(31)28-12-8-4-2-6-10(12)14-27-13-9-5-3-7-11(13)15(30)29-14/h2-9H,1H3,(H,28,31)(H,27,29,30). The van der Waals surface area contributed by atoms with Gasteiger partial charge in [0.15, 0.2) is 0 Å². The van der Waals surface area contributed by atoms with Gasteiger partial charge in [0.2, 0.25) is 0 Å². The second-order valence-electron chi connectivity index (χ2n) is 6.65. The van der Waals surface area contributed by atoms with E-state index in [0.717, 1.165) is 6.07 Å². The molecule has 7 nitrogen and oxygen atoms in total. The second kappa shape index (κ2) is 8.22. The predicted molar refractivity (Wildman–Crippen MR) is 103 cm³/mol. The van der Waals surface area contributed by atoms with Crippen molar-refractivity contribution >= 4 is 28.5 Å². The van der Waals surface area contributed by atoms with Crippen LogP contribution in [-0.2, 0) is 14.3 Å². The number of halogens is 6. The van der Waals surface area contributed by atoms with Gasteiger partial charge in [0, 0.05) is 5.56 Å². The van der Waals surface area contributed by atoms with E-state index in [4.69, 9.17) is 0 Å². The number of hydrogen-bond donors (Lipinski definition) is 2. The van der Waals surface area contributed by atoms with Gasteiger partial charge in [-0.1, -0.05) is 24.3 Å². The zero-order chi connectivity index (χ0) is 24.6. The molecule has 0 atom stereocenters. The van der Waals surface area contributed by atoms with Crippen molar-refractivity contribution in [1.82, 2.24) is 9.97 Å². The van der Waals surface area contributed by atoms with Crippen LogP contribution in [0.25, 0.3) is 22.3 Å². The summed E-state index contributed by atoms with van der Waals surface area (Å²) >= 11 is 0. The lowest BCUT2D eigenvalue weighted by Crippen LogP contribution is -2.62. The molecule has 0 saturated heterocycles. The van der Waals surface area contributed by atoms with Gasteiger partial charge >= 0.3 is 29.6 Å². The van der Waals surface area contributed by atoms with Crippen molar-refractivity contribution in [2.75, 3.05) is 12.4 Å². The fourth-order valence-electron chi connectivity index (χ4n) is 2.81. The van der Waals surface area contributed by atoms with Crippen molar-refractivity contribution in [1.29, 1.82) is 0 Å². The van der Waals surface area contributed by atoms with Gasteiger partial charge in [-0.15, -0.1) is 0 Å². The van der Waals surface area contributed by atoms with Gasteiger partial charge in [0.25, 0.3) is 5.56 Å². The first-order chi connectivity index (χ1) is 15.3. The summed E-state index contributed by atoms with van der Waals surface area (Å²) in [4.78, 5) is 41.7. The Labute approximate surface area is 180 Å². The van der Waals surface area contributed by atoms with E-state index in [2.05, 4.69) is 14.7 Å². The highest BCUT2D eigenvalue weighted by Gasteiger charge is 2.78. The third-order valence-corrected chi connectivity index (χ3v) is 4.56. The van der Waals surface area contributed by atoms with Crippen LogP contribution in [0.4, 0.5) is 32.0 Å². The lowest BCUT2D eigenvalue weighted by molar-refractivity contribution is -0.292. The summed E-state index contributed by atoms with van der Waals surface area (Å²) in [5.74, 6) is -24.5. The van der Waals surface area contributed by atoms with Crippen molar-refractivity contribution in [2.45, 2.75) is 17.8 Å². The maximum absolute atomic E-state index is 14.2. The Hall–Kier alpha value is -3.90. The largest absolute Gasteiger partial charge is 0.464 e. The van der Waals surface area contributed by atoms with Gasteiger partial charge in [-0.2, -0.15) is 26.3 Å². The number of aromatic nitrogens is 2. The molecule has 3 rings (SSSR count). The molecule has 174 valence electrons. The van der Waals surface area contributed by atoms with Gasteiger partial charge in [0.05, 0.1) is 23.7 Å². The summed E-state index contributed by atoms with van der Waals surface area (Å²) in [7, 11) is 0.290. The number of fused-ring (bicyclic) bond motifs is 1. The zero-order valence-electron chi connectivity index (χ0n) is 16.5. The van der Waals surface area contributed by atoms with Crippen molar-refractivity contribution in [2.24, 2.45) is 0 Å². The van der Waals surface area contributed by atoms with Crippen LogP contribution in [0.15, 0.2) is 53.3 Å². The number of methoxy groups -OCH3 is 1. The monoisotopic (exact) mass is 473 g/mol. The number of amides is 1. The molecule has 0 spiro atoms. The summed E-state index contributed by atoms with van der Waals surface area (Å²) in [6.45, 7) is 0. The molecular weight excluding hydrogens is 460 g/mol. The van der Waals surface area contributed by atoms with E-state index in [0.29, 0.717) is 0 Å². The molecule has 1 aromatic heterocycles. The van der Waals surface area contributed by atoms with E-state index in [9.17, 15) is 40.7 Å². The van der Waals surface area contributed by atoms with E-state index >= 15 is 0 Å². The summed E-state index contributed by atoms with van der Waals surface area (Å²) in [5, 5.41) is 1.63. The molecule has 0 aliphatic heterocycles. The average molecular weight is 473 g/mol. The molecule has 3 aromatic rings. The second-order valence-corrected chi connectivity index (χ2v) is 6.65. The first kappa shape index (κ1) is 23.8. The molecule has 0 bridgehead atoms. The summed E-state index contributed by atoms with van der Waals surface area (Å²) in [6.07, 6.45) is 0. The lowest BCUT2D eigenvalue weighted by atomic mass is 10.0. The van der Waals surface area contributed by atoms with Crippen LogP contribution < -0.4 is 10.9 Å². The maximum atomic E-state index is 14.2. The van der Waals surface area contributed by atoms with Crippen molar-refractivity contribution in [3.63, 3.8) is 0 Å². The maximum Gasteiger partial charge on any atom is 0.411 e. The number of H-pyrrole nitrogens is 1. The Bertz CT molecular complexity index is 1290. The molecule has 0 aliphatic rings. The van der Waals surface area contributed by atoms with E-state index in [1.165, 1.54) is 35.6 Å². The summed E-state index contributed by atoms with van der Waals surface area (Å²) in [6, 6.07) is 10.9. The highest BCUT2D eigenvalue weighted by molar-refractivity contribution is 6.00.